The fraction of sp³-hybridized carbons (Fsp3) is 0.636. The number of hydrogen-bond acceptors (Lipinski definition) is 8. The number of aldehydes is 1. The number of thioether (sulfide) groups is 1. The van der Waals surface area contributed by atoms with Gasteiger partial charge < -0.3 is 9.64 Å². The predicted octanol–water partition coefficient (Wildman–Crippen LogP) is 1.03. The first-order valence-corrected chi connectivity index (χ1v) is 9.87. The van der Waals surface area contributed by atoms with Gasteiger partial charge in [-0.25, -0.2) is 13.4 Å². The second-order valence-electron chi connectivity index (χ2n) is 4.41. The van der Waals surface area contributed by atoms with Crippen LogP contribution in [0.4, 0.5) is 5.13 Å². The van der Waals surface area contributed by atoms with E-state index >= 15 is 0 Å². The summed E-state index contributed by atoms with van der Waals surface area (Å²) in [5.74, 6) is 1.37. The van der Waals surface area contributed by atoms with Gasteiger partial charge in [0.1, 0.15) is 5.37 Å². The Hall–Kier alpha value is -0.640. The first kappa shape index (κ1) is 15.7. The van der Waals surface area contributed by atoms with Crippen LogP contribution in [0.1, 0.15) is 15.4 Å². The zero-order valence-electron chi connectivity index (χ0n) is 11.2. The Balaban J connectivity index is 2.35. The van der Waals surface area contributed by atoms with E-state index in [2.05, 4.69) is 4.98 Å². The van der Waals surface area contributed by atoms with E-state index in [0.717, 1.165) is 12.0 Å². The molecular formula is C11H16N2O4S3. The molecule has 0 aromatic carbocycles. The number of sulfone groups is 1. The summed E-state index contributed by atoms with van der Waals surface area (Å²) in [7, 11) is -1.66. The number of aromatic nitrogens is 1. The number of carbonyl (C=O) groups is 1. The van der Waals surface area contributed by atoms with Crippen molar-refractivity contribution in [3.8, 4) is 0 Å². The minimum atomic E-state index is -3.19. The molecule has 0 spiro atoms. The molecule has 1 aliphatic rings. The fourth-order valence-corrected chi connectivity index (χ4v) is 5.80. The van der Waals surface area contributed by atoms with Crippen LogP contribution in [-0.2, 0) is 21.2 Å². The van der Waals surface area contributed by atoms with Gasteiger partial charge >= 0.3 is 0 Å². The second kappa shape index (κ2) is 6.42. The van der Waals surface area contributed by atoms with Gasteiger partial charge in [-0.2, -0.15) is 11.8 Å². The Morgan fingerprint density at radius 1 is 1.55 bits per heavy atom. The van der Waals surface area contributed by atoms with Crippen molar-refractivity contribution in [3.63, 3.8) is 0 Å². The summed E-state index contributed by atoms with van der Waals surface area (Å²) in [6.45, 7) is 0.858. The summed E-state index contributed by atoms with van der Waals surface area (Å²) in [6.07, 6.45) is 1.98. The van der Waals surface area contributed by atoms with Crippen LogP contribution in [0.25, 0.3) is 0 Å². The van der Waals surface area contributed by atoms with Crippen LogP contribution in [0, 0.1) is 0 Å². The molecule has 112 valence electrons. The van der Waals surface area contributed by atoms with E-state index in [0.29, 0.717) is 28.0 Å². The number of hydrogen-bond donors (Lipinski definition) is 0. The molecule has 2 heterocycles. The van der Waals surface area contributed by atoms with Crippen molar-refractivity contribution in [2.45, 2.75) is 12.0 Å². The quantitative estimate of drug-likeness (QED) is 0.743. The number of thiazole rings is 1. The number of methoxy groups -OCH3 is 1. The lowest BCUT2D eigenvalue weighted by atomic mass is 10.4. The third-order valence-corrected chi connectivity index (χ3v) is 6.63. The number of nitrogens with zero attached hydrogens (tertiary/aromatic N) is 2. The van der Waals surface area contributed by atoms with E-state index in [9.17, 15) is 13.2 Å². The molecule has 9 heteroatoms. The maximum Gasteiger partial charge on any atom is 0.187 e. The van der Waals surface area contributed by atoms with Gasteiger partial charge in [-0.05, 0) is 0 Å². The first-order chi connectivity index (χ1) is 9.47. The molecule has 0 amide bonds. The molecule has 0 saturated carbocycles. The summed E-state index contributed by atoms with van der Waals surface area (Å²) in [6, 6.07) is 0. The van der Waals surface area contributed by atoms with Gasteiger partial charge in [-0.15, -0.1) is 0 Å². The van der Waals surface area contributed by atoms with Crippen LogP contribution < -0.4 is 4.90 Å². The van der Waals surface area contributed by atoms with Crippen molar-refractivity contribution in [2.75, 3.05) is 36.3 Å². The van der Waals surface area contributed by atoms with Crippen molar-refractivity contribution in [2.24, 2.45) is 0 Å². The predicted molar refractivity (Wildman–Crippen MR) is 81.5 cm³/mol. The smallest absolute Gasteiger partial charge is 0.187 e. The molecular weight excluding hydrogens is 320 g/mol. The number of ether oxygens (including phenoxy) is 1. The molecule has 0 N–H and O–H groups in total. The normalized spacial score (nSPS) is 20.1. The number of carbonyl (C=O) groups excluding carboxylic acids is 1. The van der Waals surface area contributed by atoms with Crippen molar-refractivity contribution in [3.05, 3.63) is 10.6 Å². The lowest BCUT2D eigenvalue weighted by molar-refractivity contribution is 0.112. The standard InChI is InChI=1S/C11H16N2O4S3/c1-17-6-8-9(5-14)19-11(12-8)13-3-4-18-7-10(13)20(2,15)16/h5,10H,3-4,6-7H2,1-2H3. The van der Waals surface area contributed by atoms with Crippen molar-refractivity contribution >= 4 is 44.4 Å². The maximum absolute atomic E-state index is 11.9. The summed E-state index contributed by atoms with van der Waals surface area (Å²) in [4.78, 5) is 17.7. The minimum Gasteiger partial charge on any atom is -0.378 e. The Morgan fingerprint density at radius 2 is 2.30 bits per heavy atom. The van der Waals surface area contributed by atoms with Gasteiger partial charge in [-0.1, -0.05) is 11.3 Å². The summed E-state index contributed by atoms with van der Waals surface area (Å²) in [5.41, 5.74) is 0.563. The molecule has 1 aromatic rings. The molecule has 1 fully saturated rings. The second-order valence-corrected chi connectivity index (χ2v) is 8.77. The molecule has 0 radical (unpaired) electrons. The van der Waals surface area contributed by atoms with Crippen molar-refractivity contribution in [1.82, 2.24) is 4.98 Å². The third kappa shape index (κ3) is 3.33. The Labute approximate surface area is 126 Å². The van der Waals surface area contributed by atoms with Crippen LogP contribution in [-0.4, -0.2) is 56.5 Å². The maximum atomic E-state index is 11.9. The Kier molecular flexibility index (Phi) is 5.05. The molecule has 20 heavy (non-hydrogen) atoms. The van der Waals surface area contributed by atoms with E-state index in [-0.39, 0.29) is 6.61 Å². The largest absolute Gasteiger partial charge is 0.378 e. The lowest BCUT2D eigenvalue weighted by Crippen LogP contribution is -2.47. The van der Waals surface area contributed by atoms with E-state index in [1.807, 2.05) is 0 Å². The summed E-state index contributed by atoms with van der Waals surface area (Å²) < 4.78 is 28.8. The molecule has 1 aromatic heterocycles. The van der Waals surface area contributed by atoms with Gasteiger partial charge in [0.05, 0.1) is 17.2 Å². The van der Waals surface area contributed by atoms with Crippen LogP contribution in [0.5, 0.6) is 0 Å². The van der Waals surface area contributed by atoms with Crippen LogP contribution in [0.15, 0.2) is 0 Å². The van der Waals surface area contributed by atoms with Crippen LogP contribution >= 0.6 is 23.1 Å². The highest BCUT2D eigenvalue weighted by molar-refractivity contribution is 8.01. The third-order valence-electron chi connectivity index (χ3n) is 2.93. The van der Waals surface area contributed by atoms with Crippen LogP contribution in [0.2, 0.25) is 0 Å². The van der Waals surface area contributed by atoms with E-state index in [1.165, 1.54) is 24.7 Å². The summed E-state index contributed by atoms with van der Waals surface area (Å²) >= 11 is 2.84. The van der Waals surface area contributed by atoms with E-state index in [4.69, 9.17) is 4.74 Å². The molecule has 1 aliphatic heterocycles. The highest BCUT2D eigenvalue weighted by atomic mass is 32.2. The highest BCUT2D eigenvalue weighted by Crippen LogP contribution is 2.31. The number of rotatable bonds is 5. The molecule has 0 aliphatic carbocycles. The van der Waals surface area contributed by atoms with Gasteiger partial charge in [0.25, 0.3) is 0 Å². The monoisotopic (exact) mass is 336 g/mol. The minimum absolute atomic E-state index is 0.247. The van der Waals surface area contributed by atoms with Crippen molar-refractivity contribution < 1.29 is 17.9 Å². The molecule has 2 rings (SSSR count). The van der Waals surface area contributed by atoms with Gasteiger partial charge in [-0.3, -0.25) is 4.79 Å². The first-order valence-electron chi connectivity index (χ1n) is 5.94. The van der Waals surface area contributed by atoms with Gasteiger partial charge in [0.2, 0.25) is 0 Å². The fourth-order valence-electron chi connectivity index (χ4n) is 1.96. The highest BCUT2D eigenvalue weighted by Gasteiger charge is 2.33. The van der Waals surface area contributed by atoms with E-state index < -0.39 is 15.2 Å². The lowest BCUT2D eigenvalue weighted by Gasteiger charge is -2.33. The average molecular weight is 336 g/mol. The van der Waals surface area contributed by atoms with Gasteiger partial charge in [0, 0.05) is 31.4 Å². The number of anilines is 1. The average Bonchev–Trinajstić information content (AvgIpc) is 2.81. The molecule has 1 saturated heterocycles. The molecule has 6 nitrogen and oxygen atoms in total. The topological polar surface area (TPSA) is 76.6 Å². The van der Waals surface area contributed by atoms with Gasteiger partial charge in [0.15, 0.2) is 21.3 Å². The summed E-state index contributed by atoms with van der Waals surface area (Å²) in [5, 5.41) is -0.00262. The molecule has 0 bridgehead atoms. The van der Waals surface area contributed by atoms with Crippen molar-refractivity contribution in [1.29, 1.82) is 0 Å². The Bertz CT molecular complexity index is 584. The molecule has 1 unspecified atom stereocenters. The zero-order valence-corrected chi connectivity index (χ0v) is 13.7. The molecule has 1 atom stereocenters. The van der Waals surface area contributed by atoms with E-state index in [1.54, 1.807) is 16.7 Å². The van der Waals surface area contributed by atoms with Crippen LogP contribution in [0.3, 0.4) is 0 Å². The Morgan fingerprint density at radius 3 is 2.90 bits per heavy atom. The SMILES string of the molecule is COCc1nc(N2CCSCC2S(C)(=O)=O)sc1C=O. The zero-order chi connectivity index (χ0) is 14.8.